The molecule has 0 atom stereocenters. The fraction of sp³-hybridized carbons (Fsp3) is 0.176. The van der Waals surface area contributed by atoms with Gasteiger partial charge in [0.2, 0.25) is 0 Å². The Kier molecular flexibility index (Phi) is 4.26. The fourth-order valence-electron chi connectivity index (χ4n) is 2.25. The summed E-state index contributed by atoms with van der Waals surface area (Å²) in [6.45, 7) is 5.47. The van der Waals surface area contributed by atoms with Crippen molar-refractivity contribution in [3.05, 3.63) is 63.2 Å². The summed E-state index contributed by atoms with van der Waals surface area (Å²) in [6.07, 6.45) is 0. The van der Waals surface area contributed by atoms with E-state index in [2.05, 4.69) is 9.36 Å². The molecule has 7 heteroatoms. The Morgan fingerprint density at radius 2 is 1.79 bits per heavy atom. The summed E-state index contributed by atoms with van der Waals surface area (Å²) in [4.78, 5) is 15.0. The maximum Gasteiger partial charge on any atom is 0.299 e. The molecule has 0 saturated carbocycles. The fourth-order valence-corrected chi connectivity index (χ4v) is 2.81. The van der Waals surface area contributed by atoms with Crippen LogP contribution in [0.15, 0.2) is 36.4 Å². The molecule has 6 nitrogen and oxygen atoms in total. The number of ether oxygens (including phenoxy) is 1. The number of hydrogen-bond acceptors (Lipinski definition) is 6. The van der Waals surface area contributed by atoms with Crippen LogP contribution in [0.5, 0.6) is 10.9 Å². The van der Waals surface area contributed by atoms with E-state index >= 15 is 0 Å². The van der Waals surface area contributed by atoms with Crippen molar-refractivity contribution in [3.63, 3.8) is 0 Å². The van der Waals surface area contributed by atoms with Gasteiger partial charge in [0.05, 0.1) is 4.92 Å². The lowest BCUT2D eigenvalue weighted by atomic mass is 10.1. The minimum Gasteiger partial charge on any atom is -0.430 e. The standard InChI is InChI=1S/C17H15N3O3S/c1-10-4-6-13(7-5-10)16-18-17(24-19-16)23-15-9-11(2)14(20(21)22)8-12(15)3/h4-9H,1-3H3. The van der Waals surface area contributed by atoms with E-state index in [0.717, 1.165) is 17.1 Å². The number of nitro benzene ring substituents is 1. The van der Waals surface area contributed by atoms with Crippen LogP contribution >= 0.6 is 11.5 Å². The van der Waals surface area contributed by atoms with E-state index in [1.165, 1.54) is 11.6 Å². The van der Waals surface area contributed by atoms with Crippen molar-refractivity contribution >= 4 is 17.2 Å². The van der Waals surface area contributed by atoms with Gasteiger partial charge in [-0.3, -0.25) is 10.1 Å². The van der Waals surface area contributed by atoms with Crippen LogP contribution in [0.2, 0.25) is 0 Å². The Bertz CT molecular complexity index is 904. The van der Waals surface area contributed by atoms with Gasteiger partial charge in [-0.05, 0) is 32.4 Å². The van der Waals surface area contributed by atoms with Crippen LogP contribution in [0.1, 0.15) is 16.7 Å². The highest BCUT2D eigenvalue weighted by atomic mass is 32.1. The predicted molar refractivity (Wildman–Crippen MR) is 92.7 cm³/mol. The average Bonchev–Trinajstić information content (AvgIpc) is 2.99. The molecule has 0 bridgehead atoms. The second-order valence-electron chi connectivity index (χ2n) is 5.51. The molecule has 24 heavy (non-hydrogen) atoms. The van der Waals surface area contributed by atoms with Gasteiger partial charge in [0.25, 0.3) is 10.9 Å². The summed E-state index contributed by atoms with van der Waals surface area (Å²) >= 11 is 1.15. The van der Waals surface area contributed by atoms with E-state index in [4.69, 9.17) is 4.74 Å². The van der Waals surface area contributed by atoms with Crippen LogP contribution in [0.25, 0.3) is 11.4 Å². The number of benzene rings is 2. The van der Waals surface area contributed by atoms with Crippen LogP contribution in [0.4, 0.5) is 5.69 Å². The zero-order valence-corrected chi connectivity index (χ0v) is 14.3. The van der Waals surface area contributed by atoms with Crippen LogP contribution < -0.4 is 4.74 Å². The second kappa shape index (κ2) is 6.37. The zero-order valence-electron chi connectivity index (χ0n) is 13.4. The van der Waals surface area contributed by atoms with Gasteiger partial charge in [0, 0.05) is 28.7 Å². The summed E-state index contributed by atoms with van der Waals surface area (Å²) in [7, 11) is 0. The third kappa shape index (κ3) is 3.26. The van der Waals surface area contributed by atoms with Crippen LogP contribution in [-0.2, 0) is 0 Å². The molecule has 0 spiro atoms. The normalized spacial score (nSPS) is 10.6. The molecule has 0 aliphatic rings. The molecule has 0 aliphatic heterocycles. The predicted octanol–water partition coefficient (Wildman–Crippen LogP) is 4.83. The Hall–Kier alpha value is -2.80. The van der Waals surface area contributed by atoms with Gasteiger partial charge in [-0.15, -0.1) is 0 Å². The highest BCUT2D eigenvalue weighted by Crippen LogP contribution is 2.32. The minimum atomic E-state index is -0.396. The van der Waals surface area contributed by atoms with Gasteiger partial charge in [-0.1, -0.05) is 29.8 Å². The molecule has 0 aliphatic carbocycles. The Balaban J connectivity index is 1.86. The van der Waals surface area contributed by atoms with Crippen molar-refractivity contribution in [3.8, 4) is 22.3 Å². The molecule has 0 N–H and O–H groups in total. The summed E-state index contributed by atoms with van der Waals surface area (Å²) in [6, 6.07) is 11.1. The van der Waals surface area contributed by atoms with E-state index < -0.39 is 4.92 Å². The number of hydrogen-bond donors (Lipinski definition) is 0. The summed E-state index contributed by atoms with van der Waals surface area (Å²) in [5.74, 6) is 1.15. The third-order valence-corrected chi connectivity index (χ3v) is 4.20. The quantitative estimate of drug-likeness (QED) is 0.501. The minimum absolute atomic E-state index is 0.0810. The topological polar surface area (TPSA) is 78.2 Å². The monoisotopic (exact) mass is 341 g/mol. The Labute approximate surface area is 143 Å². The lowest BCUT2D eigenvalue weighted by molar-refractivity contribution is -0.385. The van der Waals surface area contributed by atoms with Gasteiger partial charge in [-0.25, -0.2) is 0 Å². The van der Waals surface area contributed by atoms with Gasteiger partial charge in [0.15, 0.2) is 5.82 Å². The van der Waals surface area contributed by atoms with Crippen molar-refractivity contribution in [1.82, 2.24) is 9.36 Å². The van der Waals surface area contributed by atoms with Crippen molar-refractivity contribution in [1.29, 1.82) is 0 Å². The van der Waals surface area contributed by atoms with Crippen molar-refractivity contribution < 1.29 is 9.66 Å². The molecule has 0 fully saturated rings. The molecule has 1 aromatic heterocycles. The molecular formula is C17H15N3O3S. The van der Waals surface area contributed by atoms with E-state index in [-0.39, 0.29) is 5.69 Å². The first-order valence-corrected chi connectivity index (χ1v) is 8.05. The highest BCUT2D eigenvalue weighted by molar-refractivity contribution is 7.07. The van der Waals surface area contributed by atoms with E-state index in [1.807, 2.05) is 31.2 Å². The van der Waals surface area contributed by atoms with E-state index in [9.17, 15) is 10.1 Å². The summed E-state index contributed by atoms with van der Waals surface area (Å²) in [5.41, 5.74) is 3.39. The summed E-state index contributed by atoms with van der Waals surface area (Å²) < 4.78 is 10.1. The molecule has 0 radical (unpaired) electrons. The van der Waals surface area contributed by atoms with Crippen LogP contribution in [0.3, 0.4) is 0 Å². The molecule has 122 valence electrons. The molecule has 2 aromatic carbocycles. The maximum atomic E-state index is 11.0. The van der Waals surface area contributed by atoms with Gasteiger partial charge < -0.3 is 4.74 Å². The van der Waals surface area contributed by atoms with Gasteiger partial charge in [-0.2, -0.15) is 9.36 Å². The molecule has 1 heterocycles. The lowest BCUT2D eigenvalue weighted by Gasteiger charge is -2.07. The first-order valence-electron chi connectivity index (χ1n) is 7.28. The number of aromatic nitrogens is 2. The maximum absolute atomic E-state index is 11.0. The average molecular weight is 341 g/mol. The van der Waals surface area contributed by atoms with Crippen LogP contribution in [0, 0.1) is 30.9 Å². The Morgan fingerprint density at radius 3 is 2.46 bits per heavy atom. The highest BCUT2D eigenvalue weighted by Gasteiger charge is 2.16. The summed E-state index contributed by atoms with van der Waals surface area (Å²) in [5, 5.41) is 11.4. The van der Waals surface area contributed by atoms with Crippen LogP contribution in [-0.4, -0.2) is 14.3 Å². The van der Waals surface area contributed by atoms with Gasteiger partial charge in [0.1, 0.15) is 5.75 Å². The largest absolute Gasteiger partial charge is 0.430 e. The molecule has 0 unspecified atom stereocenters. The van der Waals surface area contributed by atoms with Crippen molar-refractivity contribution in [2.45, 2.75) is 20.8 Å². The molecule has 3 aromatic rings. The number of nitrogens with zero attached hydrogens (tertiary/aromatic N) is 3. The first kappa shape index (κ1) is 16.1. The van der Waals surface area contributed by atoms with Gasteiger partial charge >= 0.3 is 0 Å². The van der Waals surface area contributed by atoms with Crippen molar-refractivity contribution in [2.75, 3.05) is 0 Å². The Morgan fingerprint density at radius 1 is 1.08 bits per heavy atom. The first-order chi connectivity index (χ1) is 11.4. The smallest absolute Gasteiger partial charge is 0.299 e. The molecule has 3 rings (SSSR count). The zero-order chi connectivity index (χ0) is 17.3. The van der Waals surface area contributed by atoms with E-state index in [0.29, 0.717) is 27.9 Å². The molecule has 0 saturated heterocycles. The lowest BCUT2D eigenvalue weighted by Crippen LogP contribution is -1.95. The van der Waals surface area contributed by atoms with E-state index in [1.54, 1.807) is 19.9 Å². The van der Waals surface area contributed by atoms with Crippen molar-refractivity contribution in [2.24, 2.45) is 0 Å². The number of aryl methyl sites for hydroxylation is 3. The molecule has 0 amide bonds. The second-order valence-corrected chi connectivity index (χ2v) is 6.23. The SMILES string of the molecule is Cc1ccc(-c2nsc(Oc3cc(C)c([N+](=O)[O-])cc3C)n2)cc1. The molecular weight excluding hydrogens is 326 g/mol. The number of rotatable bonds is 4. The third-order valence-electron chi connectivity index (χ3n) is 3.60. The number of nitro groups is 1.